The van der Waals surface area contributed by atoms with Crippen LogP contribution in [0.15, 0.2) is 64.3 Å². The number of fused-ring (bicyclic) bond motifs is 1. The Labute approximate surface area is 252 Å². The molecule has 1 amide bonds. The molecule has 4 aromatic rings. The van der Waals surface area contributed by atoms with Crippen molar-refractivity contribution in [2.45, 2.75) is 46.1 Å². The van der Waals surface area contributed by atoms with Crippen LogP contribution in [-0.2, 0) is 9.53 Å². The van der Waals surface area contributed by atoms with Gasteiger partial charge in [0.25, 0.3) is 5.91 Å². The van der Waals surface area contributed by atoms with Crippen LogP contribution >= 0.6 is 11.3 Å². The Morgan fingerprint density at radius 3 is 2.58 bits per heavy atom. The number of anilines is 1. The van der Waals surface area contributed by atoms with Crippen LogP contribution in [0, 0.1) is 6.92 Å². The molecule has 0 radical (unpaired) electrons. The monoisotopic (exact) mass is 604 g/mol. The summed E-state index contributed by atoms with van der Waals surface area (Å²) in [6.45, 7) is 6.18. The van der Waals surface area contributed by atoms with Gasteiger partial charge in [0.05, 0.1) is 37.6 Å². The lowest BCUT2D eigenvalue weighted by Gasteiger charge is -2.24. The molecule has 0 aliphatic carbocycles. The summed E-state index contributed by atoms with van der Waals surface area (Å²) in [4.78, 5) is 46.1. The number of rotatable bonds is 12. The maximum Gasteiger partial charge on any atom is 0.350 e. The van der Waals surface area contributed by atoms with Crippen molar-refractivity contribution in [2.24, 2.45) is 0 Å². The van der Waals surface area contributed by atoms with Crippen molar-refractivity contribution in [1.82, 2.24) is 4.98 Å². The van der Waals surface area contributed by atoms with Gasteiger partial charge in [0.2, 0.25) is 5.78 Å². The lowest BCUT2D eigenvalue weighted by atomic mass is 9.95. The first-order valence-corrected chi connectivity index (χ1v) is 14.9. The average molecular weight is 605 g/mol. The van der Waals surface area contributed by atoms with Gasteiger partial charge in [-0.2, -0.15) is 0 Å². The van der Waals surface area contributed by atoms with E-state index in [1.54, 1.807) is 62.4 Å². The van der Waals surface area contributed by atoms with Crippen LogP contribution in [-0.4, -0.2) is 48.1 Å². The number of para-hydroxylation sites is 1. The number of amides is 1. The number of hydrogen-bond acceptors (Lipinski definition) is 10. The number of aliphatic hydroxyl groups excluding tert-OH is 1. The number of aryl methyl sites for hydroxylation is 1. The smallest absolute Gasteiger partial charge is 0.350 e. The third-order valence-corrected chi connectivity index (χ3v) is 8.21. The van der Waals surface area contributed by atoms with E-state index in [9.17, 15) is 19.5 Å². The number of unbranched alkanes of at least 4 members (excludes halogenated alkanes) is 2. The van der Waals surface area contributed by atoms with Crippen molar-refractivity contribution in [3.05, 3.63) is 81.8 Å². The van der Waals surface area contributed by atoms with Crippen molar-refractivity contribution >= 4 is 45.1 Å². The summed E-state index contributed by atoms with van der Waals surface area (Å²) in [7, 11) is 1.49. The summed E-state index contributed by atoms with van der Waals surface area (Å²) >= 11 is 0.952. The molecule has 3 heterocycles. The normalized spacial score (nSPS) is 14.9. The molecule has 0 spiro atoms. The number of thiazole rings is 1. The van der Waals surface area contributed by atoms with E-state index in [-0.39, 0.29) is 27.9 Å². The number of carbonyl (C=O) groups excluding carboxylic acids is 3. The molecule has 0 saturated carbocycles. The van der Waals surface area contributed by atoms with Gasteiger partial charge in [0.15, 0.2) is 28.0 Å². The molecular weight excluding hydrogens is 572 g/mol. The third-order valence-electron chi connectivity index (χ3n) is 7.07. The van der Waals surface area contributed by atoms with Crippen LogP contribution in [0.3, 0.4) is 0 Å². The minimum atomic E-state index is -1.06. The number of ketones is 1. The van der Waals surface area contributed by atoms with E-state index in [0.29, 0.717) is 40.3 Å². The molecule has 2 aromatic carbocycles. The van der Waals surface area contributed by atoms with E-state index in [4.69, 9.17) is 18.6 Å². The Morgan fingerprint density at radius 1 is 1.12 bits per heavy atom. The quantitative estimate of drug-likeness (QED) is 0.106. The number of carbonyl (C=O) groups is 3. The number of hydrogen-bond donors (Lipinski definition) is 1. The number of esters is 1. The van der Waals surface area contributed by atoms with Crippen LogP contribution in [0.1, 0.15) is 70.6 Å². The lowest BCUT2D eigenvalue weighted by Crippen LogP contribution is -2.31. The van der Waals surface area contributed by atoms with Gasteiger partial charge in [-0.15, -0.1) is 0 Å². The molecule has 0 fully saturated rings. The van der Waals surface area contributed by atoms with Gasteiger partial charge in [-0.1, -0.05) is 55.4 Å². The Morgan fingerprint density at radius 2 is 1.88 bits per heavy atom. The summed E-state index contributed by atoms with van der Waals surface area (Å²) in [6, 6.07) is 12.7. The van der Waals surface area contributed by atoms with Gasteiger partial charge in [0, 0.05) is 5.39 Å². The summed E-state index contributed by atoms with van der Waals surface area (Å²) in [5, 5.41) is 11.9. The van der Waals surface area contributed by atoms with E-state index >= 15 is 0 Å². The summed E-state index contributed by atoms with van der Waals surface area (Å²) in [6.07, 6.45) is 3.06. The summed E-state index contributed by atoms with van der Waals surface area (Å²) in [5.41, 5.74) is 1.08. The molecule has 5 rings (SSSR count). The van der Waals surface area contributed by atoms with E-state index < -0.39 is 29.5 Å². The zero-order valence-electron chi connectivity index (χ0n) is 24.3. The van der Waals surface area contributed by atoms with Crippen LogP contribution in [0.2, 0.25) is 0 Å². The van der Waals surface area contributed by atoms with Gasteiger partial charge in [0.1, 0.15) is 10.6 Å². The van der Waals surface area contributed by atoms with Gasteiger partial charge >= 0.3 is 5.97 Å². The number of benzene rings is 2. The van der Waals surface area contributed by atoms with Crippen LogP contribution < -0.4 is 14.4 Å². The SMILES string of the molecule is CCCCCOc1ccc(C2C(C(=O)c3cc4cccc(OC)c4o3)=C(O)C(=O)N2c2nc(C)c(C(=O)OCC)s2)cc1. The Kier molecular flexibility index (Phi) is 8.81. The van der Waals surface area contributed by atoms with E-state index in [1.165, 1.54) is 12.0 Å². The molecule has 43 heavy (non-hydrogen) atoms. The van der Waals surface area contributed by atoms with Gasteiger partial charge in [-0.25, -0.2) is 9.78 Å². The highest BCUT2D eigenvalue weighted by atomic mass is 32.1. The zero-order valence-corrected chi connectivity index (χ0v) is 25.2. The first kappa shape index (κ1) is 29.8. The topological polar surface area (TPSA) is 128 Å². The highest BCUT2D eigenvalue weighted by Crippen LogP contribution is 2.44. The fourth-order valence-corrected chi connectivity index (χ4v) is 5.94. The van der Waals surface area contributed by atoms with Gasteiger partial charge in [-0.05, 0) is 50.1 Å². The fraction of sp³-hybridized carbons (Fsp3) is 0.312. The minimum Gasteiger partial charge on any atom is -0.503 e. The van der Waals surface area contributed by atoms with Crippen LogP contribution in [0.5, 0.6) is 11.5 Å². The Hall–Kier alpha value is -4.64. The minimum absolute atomic E-state index is 0.0703. The molecule has 10 nitrogen and oxygen atoms in total. The first-order chi connectivity index (χ1) is 20.8. The number of methoxy groups -OCH3 is 1. The largest absolute Gasteiger partial charge is 0.503 e. The van der Waals surface area contributed by atoms with Crippen LogP contribution in [0.4, 0.5) is 5.13 Å². The summed E-state index contributed by atoms with van der Waals surface area (Å²) < 4.78 is 22.3. The van der Waals surface area contributed by atoms with Crippen molar-refractivity contribution in [3.8, 4) is 11.5 Å². The van der Waals surface area contributed by atoms with E-state index in [1.807, 2.05) is 0 Å². The molecular formula is C32H32N2O8S. The maximum absolute atomic E-state index is 14.0. The van der Waals surface area contributed by atoms with Gasteiger partial charge in [-0.3, -0.25) is 14.5 Å². The van der Waals surface area contributed by atoms with E-state index in [2.05, 4.69) is 11.9 Å². The number of furan rings is 1. The molecule has 1 aliphatic heterocycles. The first-order valence-electron chi connectivity index (χ1n) is 14.0. The third kappa shape index (κ3) is 5.72. The van der Waals surface area contributed by atoms with Crippen molar-refractivity contribution in [3.63, 3.8) is 0 Å². The number of ether oxygens (including phenoxy) is 3. The molecule has 1 aliphatic rings. The summed E-state index contributed by atoms with van der Waals surface area (Å²) in [5.74, 6) is -1.79. The van der Waals surface area contributed by atoms with Crippen LogP contribution in [0.25, 0.3) is 11.0 Å². The highest BCUT2D eigenvalue weighted by Gasteiger charge is 2.47. The number of nitrogens with zero attached hydrogens (tertiary/aromatic N) is 2. The average Bonchev–Trinajstić information content (AvgIpc) is 3.69. The second-order valence-corrected chi connectivity index (χ2v) is 10.9. The molecule has 224 valence electrons. The number of aliphatic hydroxyl groups is 1. The molecule has 11 heteroatoms. The number of aromatic nitrogens is 1. The Bertz CT molecular complexity index is 1700. The molecule has 2 aromatic heterocycles. The molecule has 1 unspecified atom stereocenters. The molecule has 0 bridgehead atoms. The predicted octanol–water partition coefficient (Wildman–Crippen LogP) is 6.73. The molecule has 1 N–H and O–H groups in total. The van der Waals surface area contributed by atoms with Crippen molar-refractivity contribution < 1.29 is 38.1 Å². The standard InChI is InChI=1S/C32H32N2O8S/c1-5-7-8-16-41-21-14-12-19(13-15-21)25-24(26(35)23-17-20-10-9-11-22(39-4)28(20)42-23)27(36)30(37)34(25)32-33-18(3)29(43-32)31(38)40-6-2/h9-15,17,25,36H,5-8,16H2,1-4H3. The predicted molar refractivity (Wildman–Crippen MR) is 161 cm³/mol. The fourth-order valence-electron chi connectivity index (χ4n) is 4.95. The second-order valence-electron chi connectivity index (χ2n) is 9.91. The lowest BCUT2D eigenvalue weighted by molar-refractivity contribution is -0.117. The van der Waals surface area contributed by atoms with E-state index in [0.717, 1.165) is 30.6 Å². The molecule has 1 atom stereocenters. The maximum atomic E-state index is 14.0. The van der Waals surface area contributed by atoms with Crippen molar-refractivity contribution in [2.75, 3.05) is 25.2 Å². The Balaban J connectivity index is 1.57. The van der Waals surface area contributed by atoms with Crippen molar-refractivity contribution in [1.29, 1.82) is 0 Å². The highest BCUT2D eigenvalue weighted by molar-refractivity contribution is 7.17. The second kappa shape index (κ2) is 12.7. The molecule has 0 saturated heterocycles. The number of Topliss-reactive ketones (excluding diaryl/α,β-unsaturated/α-hetero) is 1. The van der Waals surface area contributed by atoms with Gasteiger partial charge < -0.3 is 23.7 Å². The zero-order chi connectivity index (χ0) is 30.7.